The SMILES string of the molecule is C=Cc1ccc(C2(O)CCc3ccccc3OCCOCCOc3ccccc3CC2)cc1. The summed E-state index contributed by atoms with van der Waals surface area (Å²) < 4.78 is 17.7. The molecule has 0 radical (unpaired) electrons. The molecule has 33 heavy (non-hydrogen) atoms. The fraction of sp³-hybridized carbons (Fsp3) is 0.310. The maximum atomic E-state index is 11.9. The highest BCUT2D eigenvalue weighted by Gasteiger charge is 2.29. The lowest BCUT2D eigenvalue weighted by Gasteiger charge is -2.30. The standard InChI is InChI=1S/C29H32O4/c1-2-23-11-13-26(14-12-23)29(30)17-15-24-7-3-5-9-27(24)32-21-19-31-20-22-33-28-10-6-4-8-25(28)16-18-29/h2-14,30H,1,15-22H2. The van der Waals surface area contributed by atoms with Crippen molar-refractivity contribution in [3.63, 3.8) is 0 Å². The van der Waals surface area contributed by atoms with Gasteiger partial charge in [0.2, 0.25) is 0 Å². The molecule has 0 saturated carbocycles. The largest absolute Gasteiger partial charge is 0.491 e. The minimum atomic E-state index is -0.986. The molecule has 3 aromatic carbocycles. The van der Waals surface area contributed by atoms with Crippen LogP contribution in [0.15, 0.2) is 79.4 Å². The Morgan fingerprint density at radius 2 is 1.21 bits per heavy atom. The quantitative estimate of drug-likeness (QED) is 0.561. The zero-order valence-electron chi connectivity index (χ0n) is 19.0. The van der Waals surface area contributed by atoms with Crippen LogP contribution in [0.5, 0.6) is 11.5 Å². The van der Waals surface area contributed by atoms with Gasteiger partial charge in [-0.15, -0.1) is 0 Å². The number of ether oxygens (including phenoxy) is 3. The van der Waals surface area contributed by atoms with Gasteiger partial charge in [-0.1, -0.05) is 73.3 Å². The van der Waals surface area contributed by atoms with E-state index in [2.05, 4.69) is 18.7 Å². The van der Waals surface area contributed by atoms with E-state index in [1.165, 1.54) is 0 Å². The number of para-hydroxylation sites is 2. The molecule has 1 aliphatic rings. The molecule has 4 heteroatoms. The predicted molar refractivity (Wildman–Crippen MR) is 132 cm³/mol. The van der Waals surface area contributed by atoms with Crippen molar-refractivity contribution in [2.45, 2.75) is 31.3 Å². The number of fused-ring (bicyclic) bond motifs is 2. The molecule has 0 fully saturated rings. The van der Waals surface area contributed by atoms with E-state index in [4.69, 9.17) is 14.2 Å². The van der Waals surface area contributed by atoms with Crippen LogP contribution in [0.4, 0.5) is 0 Å². The molecule has 0 atom stereocenters. The first-order chi connectivity index (χ1) is 16.2. The monoisotopic (exact) mass is 444 g/mol. The molecule has 0 spiro atoms. The summed E-state index contributed by atoms with van der Waals surface area (Å²) in [4.78, 5) is 0. The van der Waals surface area contributed by atoms with E-state index in [9.17, 15) is 5.11 Å². The Morgan fingerprint density at radius 1 is 0.697 bits per heavy atom. The summed E-state index contributed by atoms with van der Waals surface area (Å²) in [7, 11) is 0. The number of rotatable bonds is 2. The van der Waals surface area contributed by atoms with Gasteiger partial charge in [-0.3, -0.25) is 0 Å². The molecule has 1 aliphatic heterocycles. The van der Waals surface area contributed by atoms with E-state index in [1.54, 1.807) is 0 Å². The lowest BCUT2D eigenvalue weighted by molar-refractivity contribution is 0.0183. The van der Waals surface area contributed by atoms with Crippen molar-refractivity contribution < 1.29 is 19.3 Å². The lowest BCUT2D eigenvalue weighted by atomic mass is 9.82. The molecule has 1 heterocycles. The Kier molecular flexibility index (Phi) is 7.82. The molecular weight excluding hydrogens is 412 g/mol. The fourth-order valence-electron chi connectivity index (χ4n) is 4.25. The summed E-state index contributed by atoms with van der Waals surface area (Å²) in [6.07, 6.45) is 4.39. The first-order valence-corrected chi connectivity index (χ1v) is 11.6. The van der Waals surface area contributed by atoms with Crippen LogP contribution < -0.4 is 9.47 Å². The first kappa shape index (κ1) is 23.1. The van der Waals surface area contributed by atoms with Crippen LogP contribution in [-0.4, -0.2) is 31.5 Å². The highest BCUT2D eigenvalue weighted by atomic mass is 16.5. The maximum absolute atomic E-state index is 11.9. The highest BCUT2D eigenvalue weighted by molar-refractivity contribution is 5.48. The van der Waals surface area contributed by atoms with Crippen LogP contribution in [0.2, 0.25) is 0 Å². The third kappa shape index (κ3) is 6.04. The summed E-state index contributed by atoms with van der Waals surface area (Å²) in [5.41, 5.74) is 3.15. The summed E-state index contributed by atoms with van der Waals surface area (Å²) in [5.74, 6) is 1.69. The smallest absolute Gasteiger partial charge is 0.122 e. The number of aryl methyl sites for hydroxylation is 2. The van der Waals surface area contributed by atoms with Gasteiger partial charge in [0.1, 0.15) is 24.7 Å². The van der Waals surface area contributed by atoms with Crippen LogP contribution in [0, 0.1) is 0 Å². The molecule has 4 nitrogen and oxygen atoms in total. The maximum Gasteiger partial charge on any atom is 0.122 e. The average Bonchev–Trinajstić information content (AvgIpc) is 2.86. The number of benzene rings is 3. The van der Waals surface area contributed by atoms with Crippen LogP contribution in [-0.2, 0) is 23.2 Å². The van der Waals surface area contributed by atoms with Gasteiger partial charge >= 0.3 is 0 Å². The second-order valence-corrected chi connectivity index (χ2v) is 8.38. The molecule has 4 rings (SSSR count). The lowest BCUT2D eigenvalue weighted by Crippen LogP contribution is -2.27. The fourth-order valence-corrected chi connectivity index (χ4v) is 4.25. The van der Waals surface area contributed by atoms with Crippen molar-refractivity contribution in [3.05, 3.63) is 102 Å². The molecule has 0 unspecified atom stereocenters. The van der Waals surface area contributed by atoms with E-state index in [0.29, 0.717) is 52.1 Å². The van der Waals surface area contributed by atoms with Crippen LogP contribution in [0.25, 0.3) is 6.08 Å². The number of hydrogen-bond acceptors (Lipinski definition) is 4. The van der Waals surface area contributed by atoms with E-state index in [-0.39, 0.29) is 0 Å². The second kappa shape index (κ2) is 11.2. The van der Waals surface area contributed by atoms with Gasteiger partial charge in [0, 0.05) is 0 Å². The van der Waals surface area contributed by atoms with Gasteiger partial charge in [0.15, 0.2) is 0 Å². The zero-order valence-corrected chi connectivity index (χ0v) is 19.0. The first-order valence-electron chi connectivity index (χ1n) is 11.6. The van der Waals surface area contributed by atoms with Gasteiger partial charge in [0.05, 0.1) is 18.8 Å². The van der Waals surface area contributed by atoms with E-state index in [1.807, 2.05) is 66.7 Å². The third-order valence-electron chi connectivity index (χ3n) is 6.22. The molecule has 1 N–H and O–H groups in total. The summed E-state index contributed by atoms with van der Waals surface area (Å²) in [6.45, 7) is 5.79. The van der Waals surface area contributed by atoms with Gasteiger partial charge in [-0.05, 0) is 60.1 Å². The molecule has 0 aliphatic carbocycles. The summed E-state index contributed by atoms with van der Waals surface area (Å²) in [5, 5.41) is 11.9. The number of aliphatic hydroxyl groups is 1. The minimum absolute atomic E-state index is 0.473. The zero-order chi connectivity index (χ0) is 22.9. The minimum Gasteiger partial charge on any atom is -0.491 e. The molecular formula is C29H32O4. The molecule has 0 amide bonds. The predicted octanol–water partition coefficient (Wildman–Crippen LogP) is 5.57. The van der Waals surface area contributed by atoms with Gasteiger partial charge in [-0.25, -0.2) is 0 Å². The van der Waals surface area contributed by atoms with E-state index < -0.39 is 5.60 Å². The van der Waals surface area contributed by atoms with E-state index in [0.717, 1.165) is 33.8 Å². The van der Waals surface area contributed by atoms with Crippen molar-refractivity contribution in [1.29, 1.82) is 0 Å². The number of hydrogen-bond donors (Lipinski definition) is 1. The third-order valence-corrected chi connectivity index (χ3v) is 6.22. The van der Waals surface area contributed by atoms with Crippen LogP contribution in [0.1, 0.15) is 35.1 Å². The highest BCUT2D eigenvalue weighted by Crippen LogP contribution is 2.35. The van der Waals surface area contributed by atoms with Gasteiger partial charge in [0.25, 0.3) is 0 Å². The molecule has 172 valence electrons. The average molecular weight is 445 g/mol. The van der Waals surface area contributed by atoms with Crippen molar-refractivity contribution in [2.75, 3.05) is 26.4 Å². The van der Waals surface area contributed by atoms with Crippen molar-refractivity contribution in [2.24, 2.45) is 0 Å². The molecule has 3 aromatic rings. The van der Waals surface area contributed by atoms with Gasteiger partial charge < -0.3 is 19.3 Å². The molecule has 0 saturated heterocycles. The van der Waals surface area contributed by atoms with Crippen molar-refractivity contribution >= 4 is 6.08 Å². The second-order valence-electron chi connectivity index (χ2n) is 8.38. The Hall–Kier alpha value is -3.08. The Labute approximate surface area is 196 Å². The van der Waals surface area contributed by atoms with Crippen LogP contribution in [0.3, 0.4) is 0 Å². The van der Waals surface area contributed by atoms with Gasteiger partial charge in [-0.2, -0.15) is 0 Å². The molecule has 0 bridgehead atoms. The van der Waals surface area contributed by atoms with Crippen molar-refractivity contribution in [1.82, 2.24) is 0 Å². The van der Waals surface area contributed by atoms with Crippen molar-refractivity contribution in [3.8, 4) is 11.5 Å². The topological polar surface area (TPSA) is 47.9 Å². The normalized spacial score (nSPS) is 17.0. The Balaban J connectivity index is 1.64. The Morgan fingerprint density at radius 3 is 1.73 bits per heavy atom. The molecule has 0 aromatic heterocycles. The van der Waals surface area contributed by atoms with E-state index >= 15 is 0 Å². The summed E-state index contributed by atoms with van der Waals surface area (Å²) >= 11 is 0. The van der Waals surface area contributed by atoms with Crippen LogP contribution >= 0.6 is 0 Å². The Bertz CT molecular complexity index is 986. The summed E-state index contributed by atoms with van der Waals surface area (Å²) in [6, 6.07) is 24.1.